The molecule has 0 atom stereocenters. The summed E-state index contributed by atoms with van der Waals surface area (Å²) in [6, 6.07) is 1.39. The van der Waals surface area contributed by atoms with Crippen LogP contribution in [0, 0.1) is 5.82 Å². The molecule has 0 aliphatic heterocycles. The van der Waals surface area contributed by atoms with Gasteiger partial charge >= 0.3 is 29.6 Å². The van der Waals surface area contributed by atoms with Gasteiger partial charge < -0.3 is 12.6 Å². The van der Waals surface area contributed by atoms with Crippen molar-refractivity contribution >= 4 is 24.2 Å². The summed E-state index contributed by atoms with van der Waals surface area (Å²) in [6.45, 7) is 0. The van der Waals surface area contributed by atoms with E-state index in [4.69, 9.17) is 11.6 Å². The van der Waals surface area contributed by atoms with Gasteiger partial charge in [0.05, 0.1) is 0 Å². The third-order valence-corrected chi connectivity index (χ3v) is 1.39. The Kier molecular flexibility index (Phi) is 4.73. The van der Waals surface area contributed by atoms with Gasteiger partial charge in [0, 0.05) is 6.20 Å². The molecule has 1 nitrogen and oxygen atoms in total. The van der Waals surface area contributed by atoms with Crippen molar-refractivity contribution in [3.05, 3.63) is 23.2 Å². The van der Waals surface area contributed by atoms with Crippen LogP contribution in [0.25, 0.3) is 0 Å². The van der Waals surface area contributed by atoms with E-state index in [0.29, 0.717) is 0 Å². The van der Waals surface area contributed by atoms with Crippen molar-refractivity contribution in [2.75, 3.05) is 0 Å². The van der Waals surface area contributed by atoms with E-state index in [1.54, 1.807) is 0 Å². The van der Waals surface area contributed by atoms with Crippen LogP contribution in [-0.4, -0.2) is 4.98 Å². The molecule has 10 heavy (non-hydrogen) atoms. The predicted octanol–water partition coefficient (Wildman–Crippen LogP) is -1.22. The molecule has 0 saturated carbocycles. The smallest absolute Gasteiger partial charge is 0.777 e. The fourth-order valence-corrected chi connectivity index (χ4v) is 0.774. The van der Waals surface area contributed by atoms with Crippen molar-refractivity contribution in [3.63, 3.8) is 0 Å². The number of halogens is 2. The normalized spacial score (nSPS) is 8.60. The second-order valence-electron chi connectivity index (χ2n) is 1.41. The van der Waals surface area contributed by atoms with Gasteiger partial charge in [0.1, 0.15) is 5.82 Å². The number of nitrogens with zero attached hydrogens (tertiary/aromatic N) is 1. The number of pyridine rings is 1. The van der Waals surface area contributed by atoms with Gasteiger partial charge in [-0.3, -0.25) is 0 Å². The first-order valence-corrected chi connectivity index (χ1v) is 2.97. The summed E-state index contributed by atoms with van der Waals surface area (Å²) in [4.78, 5) is 3.57. The fourth-order valence-electron chi connectivity index (χ4n) is 0.402. The Morgan fingerprint density at radius 1 is 1.60 bits per heavy atom. The monoisotopic (exact) mass is 185 g/mol. The average molecular weight is 186 g/mol. The molecule has 1 rings (SSSR count). The van der Waals surface area contributed by atoms with Gasteiger partial charge in [-0.05, 0) is 0 Å². The van der Waals surface area contributed by atoms with E-state index < -0.39 is 5.82 Å². The standard InChI is InChI=1S/C5H3ClFNS.Na/c6-5-4(7)3(9)1-2-8-5;/h1-2H,(H,8,9);/q;+1/p-1. The minimum absolute atomic E-state index is 0. The molecule has 0 fully saturated rings. The quantitative estimate of drug-likeness (QED) is 0.286. The van der Waals surface area contributed by atoms with Gasteiger partial charge in [-0.15, -0.1) is 4.90 Å². The molecule has 0 bridgehead atoms. The van der Waals surface area contributed by atoms with E-state index in [1.165, 1.54) is 12.3 Å². The molecular weight excluding hydrogens is 184 g/mol. The topological polar surface area (TPSA) is 12.9 Å². The Morgan fingerprint density at radius 3 is 2.60 bits per heavy atom. The van der Waals surface area contributed by atoms with E-state index in [1.807, 2.05) is 0 Å². The number of hydrogen-bond acceptors (Lipinski definition) is 2. The predicted molar refractivity (Wildman–Crippen MR) is 34.8 cm³/mol. The summed E-state index contributed by atoms with van der Waals surface area (Å²) in [5, 5.41) is -0.164. The average Bonchev–Trinajstić information content (AvgIpc) is 1.83. The van der Waals surface area contributed by atoms with Gasteiger partial charge in [-0.25, -0.2) is 9.37 Å². The Bertz CT molecular complexity index is 213. The summed E-state index contributed by atoms with van der Waals surface area (Å²) >= 11 is 9.80. The molecule has 0 unspecified atom stereocenters. The maximum absolute atomic E-state index is 12.4. The second-order valence-corrected chi connectivity index (χ2v) is 2.21. The van der Waals surface area contributed by atoms with Crippen LogP contribution >= 0.6 is 11.6 Å². The summed E-state index contributed by atoms with van der Waals surface area (Å²) in [6.07, 6.45) is 1.37. The van der Waals surface area contributed by atoms with Gasteiger partial charge in [-0.1, -0.05) is 17.7 Å². The Balaban J connectivity index is 0.000000810. The fraction of sp³-hybridized carbons (Fsp3) is 0. The molecule has 0 radical (unpaired) electrons. The molecule has 0 saturated heterocycles. The van der Waals surface area contributed by atoms with Crippen molar-refractivity contribution in [2.24, 2.45) is 0 Å². The summed E-state index contributed by atoms with van der Waals surface area (Å²) in [7, 11) is 0. The van der Waals surface area contributed by atoms with Crippen LogP contribution in [0.1, 0.15) is 0 Å². The Labute approximate surface area is 90.7 Å². The summed E-state index contributed by atoms with van der Waals surface area (Å²) in [5.41, 5.74) is 0. The molecule has 0 aromatic carbocycles. The van der Waals surface area contributed by atoms with E-state index in [2.05, 4.69) is 17.6 Å². The van der Waals surface area contributed by atoms with Crippen molar-refractivity contribution in [1.29, 1.82) is 0 Å². The van der Waals surface area contributed by atoms with Crippen LogP contribution in [0.4, 0.5) is 4.39 Å². The van der Waals surface area contributed by atoms with Crippen molar-refractivity contribution in [2.45, 2.75) is 4.90 Å². The molecule has 1 aromatic rings. The van der Waals surface area contributed by atoms with E-state index in [-0.39, 0.29) is 39.6 Å². The summed E-state index contributed by atoms with van der Waals surface area (Å²) in [5.74, 6) is -0.617. The van der Waals surface area contributed by atoms with Gasteiger partial charge in [-0.2, -0.15) is 0 Å². The molecule has 0 spiro atoms. The zero-order valence-electron chi connectivity index (χ0n) is 5.27. The van der Waals surface area contributed by atoms with Gasteiger partial charge in [0.2, 0.25) is 0 Å². The van der Waals surface area contributed by atoms with E-state index in [0.717, 1.165) is 0 Å². The van der Waals surface area contributed by atoms with Crippen LogP contribution in [0.3, 0.4) is 0 Å². The number of rotatable bonds is 0. The third kappa shape index (κ3) is 2.32. The minimum atomic E-state index is -0.617. The zero-order valence-corrected chi connectivity index (χ0v) is 8.84. The number of hydrogen-bond donors (Lipinski definition) is 0. The van der Waals surface area contributed by atoms with E-state index >= 15 is 0 Å². The second kappa shape index (κ2) is 4.46. The van der Waals surface area contributed by atoms with Crippen LogP contribution in [0.5, 0.6) is 0 Å². The SMILES string of the molecule is Fc1c([S-])ccnc1Cl.[Na+]. The molecular formula is C5H2ClFNNaS. The maximum Gasteiger partial charge on any atom is 1.00 e. The molecule has 5 heteroatoms. The zero-order chi connectivity index (χ0) is 6.85. The molecule has 1 aromatic heterocycles. The molecule has 48 valence electrons. The van der Waals surface area contributed by atoms with Gasteiger partial charge in [0.15, 0.2) is 5.15 Å². The molecule has 0 N–H and O–H groups in total. The van der Waals surface area contributed by atoms with Crippen LogP contribution in [0.2, 0.25) is 5.15 Å². The largest absolute Gasteiger partial charge is 1.00 e. The molecule has 0 aliphatic rings. The Hall–Kier alpha value is 0.590. The maximum atomic E-state index is 12.4. The van der Waals surface area contributed by atoms with Crippen LogP contribution < -0.4 is 29.6 Å². The minimum Gasteiger partial charge on any atom is -0.777 e. The molecule has 0 aliphatic carbocycles. The third-order valence-electron chi connectivity index (χ3n) is 0.811. The first kappa shape index (κ1) is 10.6. The van der Waals surface area contributed by atoms with Crippen molar-refractivity contribution < 1.29 is 33.9 Å². The molecule has 1 heterocycles. The van der Waals surface area contributed by atoms with Crippen LogP contribution in [-0.2, 0) is 12.6 Å². The van der Waals surface area contributed by atoms with Crippen molar-refractivity contribution in [1.82, 2.24) is 4.98 Å². The number of aromatic nitrogens is 1. The first-order chi connectivity index (χ1) is 4.22. The molecule has 0 amide bonds. The first-order valence-electron chi connectivity index (χ1n) is 2.19. The van der Waals surface area contributed by atoms with Crippen molar-refractivity contribution in [3.8, 4) is 0 Å². The van der Waals surface area contributed by atoms with Gasteiger partial charge in [0.25, 0.3) is 0 Å². The Morgan fingerprint density at radius 2 is 2.20 bits per heavy atom. The summed E-state index contributed by atoms with van der Waals surface area (Å²) < 4.78 is 12.4. The van der Waals surface area contributed by atoms with Crippen LogP contribution in [0.15, 0.2) is 17.2 Å². The van der Waals surface area contributed by atoms with E-state index in [9.17, 15) is 4.39 Å².